The van der Waals surface area contributed by atoms with Crippen molar-refractivity contribution in [1.29, 1.82) is 5.26 Å². The van der Waals surface area contributed by atoms with Gasteiger partial charge in [-0.15, -0.1) is 0 Å². The molecule has 0 fully saturated rings. The molecule has 0 N–H and O–H groups in total. The van der Waals surface area contributed by atoms with Crippen LogP contribution in [0.4, 0.5) is 0 Å². The van der Waals surface area contributed by atoms with E-state index in [1.807, 2.05) is 19.1 Å². The standard InChI is InChI=1S/C14H9Cl2NO/c1-9-2-4-12(18-9)6-11(8-17)10-3-5-13(15)14(16)7-10/h2-7H,1H3/b11-6+. The van der Waals surface area contributed by atoms with Gasteiger partial charge in [-0.1, -0.05) is 29.3 Å². The molecular formula is C14H9Cl2NO. The third-order valence-corrected chi connectivity index (χ3v) is 3.14. The average Bonchev–Trinajstić information content (AvgIpc) is 2.75. The van der Waals surface area contributed by atoms with Gasteiger partial charge in [0.15, 0.2) is 0 Å². The van der Waals surface area contributed by atoms with Crippen molar-refractivity contribution in [2.24, 2.45) is 0 Å². The van der Waals surface area contributed by atoms with Gasteiger partial charge >= 0.3 is 0 Å². The van der Waals surface area contributed by atoms with Crippen molar-refractivity contribution in [2.45, 2.75) is 6.92 Å². The first-order valence-corrected chi connectivity index (χ1v) is 5.99. The van der Waals surface area contributed by atoms with Crippen LogP contribution in [0.2, 0.25) is 10.0 Å². The van der Waals surface area contributed by atoms with Crippen LogP contribution in [-0.4, -0.2) is 0 Å². The zero-order valence-electron chi connectivity index (χ0n) is 9.58. The van der Waals surface area contributed by atoms with Gasteiger partial charge in [-0.05, 0) is 42.8 Å². The van der Waals surface area contributed by atoms with Crippen LogP contribution in [0.1, 0.15) is 17.1 Å². The number of aryl methyl sites for hydroxylation is 1. The highest BCUT2D eigenvalue weighted by Gasteiger charge is 2.06. The predicted molar refractivity (Wildman–Crippen MR) is 73.4 cm³/mol. The highest BCUT2D eigenvalue weighted by atomic mass is 35.5. The monoisotopic (exact) mass is 277 g/mol. The fourth-order valence-electron chi connectivity index (χ4n) is 1.52. The molecule has 0 saturated heterocycles. The minimum atomic E-state index is 0.422. The van der Waals surface area contributed by atoms with Crippen molar-refractivity contribution in [3.63, 3.8) is 0 Å². The van der Waals surface area contributed by atoms with Crippen LogP contribution < -0.4 is 0 Å². The SMILES string of the molecule is Cc1ccc(/C=C(\C#N)c2ccc(Cl)c(Cl)c2)o1. The predicted octanol–water partition coefficient (Wildman–Crippen LogP) is 4.96. The Kier molecular flexibility index (Phi) is 3.76. The summed E-state index contributed by atoms with van der Waals surface area (Å²) in [5.41, 5.74) is 1.18. The second-order valence-corrected chi connectivity index (χ2v) is 4.56. The second-order valence-electron chi connectivity index (χ2n) is 3.75. The molecule has 0 saturated carbocycles. The maximum absolute atomic E-state index is 9.17. The van der Waals surface area contributed by atoms with Gasteiger partial charge in [0.25, 0.3) is 0 Å². The van der Waals surface area contributed by atoms with Gasteiger partial charge in [0, 0.05) is 0 Å². The largest absolute Gasteiger partial charge is 0.462 e. The molecular weight excluding hydrogens is 269 g/mol. The topological polar surface area (TPSA) is 36.9 Å². The first kappa shape index (κ1) is 12.8. The van der Waals surface area contributed by atoms with E-state index >= 15 is 0 Å². The van der Waals surface area contributed by atoms with E-state index in [0.717, 1.165) is 5.76 Å². The van der Waals surface area contributed by atoms with Crippen LogP contribution in [-0.2, 0) is 0 Å². The Labute approximate surface area is 115 Å². The number of benzene rings is 1. The maximum atomic E-state index is 9.17. The van der Waals surface area contributed by atoms with Crippen LogP contribution in [0.3, 0.4) is 0 Å². The number of rotatable bonds is 2. The van der Waals surface area contributed by atoms with Crippen LogP contribution in [0, 0.1) is 18.3 Å². The quantitative estimate of drug-likeness (QED) is 0.728. The van der Waals surface area contributed by atoms with Crippen LogP contribution >= 0.6 is 23.2 Å². The lowest BCUT2D eigenvalue weighted by Crippen LogP contribution is -1.82. The van der Waals surface area contributed by atoms with Crippen LogP contribution in [0.5, 0.6) is 0 Å². The lowest BCUT2D eigenvalue weighted by Gasteiger charge is -2.01. The van der Waals surface area contributed by atoms with E-state index in [2.05, 4.69) is 6.07 Å². The number of halogens is 2. The molecule has 18 heavy (non-hydrogen) atoms. The molecule has 0 spiro atoms. The van der Waals surface area contributed by atoms with Crippen molar-refractivity contribution in [2.75, 3.05) is 0 Å². The molecule has 0 bridgehead atoms. The molecule has 0 atom stereocenters. The van der Waals surface area contributed by atoms with Crippen molar-refractivity contribution in [3.05, 3.63) is 57.5 Å². The van der Waals surface area contributed by atoms with Crippen molar-refractivity contribution in [1.82, 2.24) is 0 Å². The number of allylic oxidation sites excluding steroid dienone is 1. The zero-order chi connectivity index (χ0) is 13.1. The highest BCUT2D eigenvalue weighted by Crippen LogP contribution is 2.27. The fraction of sp³-hybridized carbons (Fsp3) is 0.0714. The van der Waals surface area contributed by atoms with E-state index in [1.54, 1.807) is 24.3 Å². The molecule has 4 heteroatoms. The lowest BCUT2D eigenvalue weighted by molar-refractivity contribution is 0.525. The highest BCUT2D eigenvalue weighted by molar-refractivity contribution is 6.42. The van der Waals surface area contributed by atoms with Gasteiger partial charge in [0.2, 0.25) is 0 Å². The Morgan fingerprint density at radius 3 is 2.56 bits per heavy atom. The third-order valence-electron chi connectivity index (χ3n) is 2.40. The Morgan fingerprint density at radius 1 is 1.22 bits per heavy atom. The van der Waals surface area contributed by atoms with Gasteiger partial charge in [0.05, 0.1) is 21.7 Å². The Morgan fingerprint density at radius 2 is 2.00 bits per heavy atom. The lowest BCUT2D eigenvalue weighted by atomic mass is 10.1. The summed E-state index contributed by atoms with van der Waals surface area (Å²) in [6, 6.07) is 10.8. The summed E-state index contributed by atoms with van der Waals surface area (Å²) < 4.78 is 5.40. The molecule has 2 aromatic rings. The molecule has 0 radical (unpaired) electrons. The number of hydrogen-bond acceptors (Lipinski definition) is 2. The molecule has 0 aliphatic rings. The van der Waals surface area contributed by atoms with E-state index in [-0.39, 0.29) is 0 Å². The van der Waals surface area contributed by atoms with Crippen molar-refractivity contribution >= 4 is 34.9 Å². The van der Waals surface area contributed by atoms with E-state index in [1.165, 1.54) is 0 Å². The van der Waals surface area contributed by atoms with E-state index in [4.69, 9.17) is 27.6 Å². The summed E-state index contributed by atoms with van der Waals surface area (Å²) in [5.74, 6) is 1.43. The molecule has 90 valence electrons. The molecule has 2 nitrogen and oxygen atoms in total. The smallest absolute Gasteiger partial charge is 0.128 e. The van der Waals surface area contributed by atoms with E-state index in [0.29, 0.717) is 26.9 Å². The summed E-state index contributed by atoms with van der Waals surface area (Å²) in [5, 5.41) is 10.1. The number of furan rings is 1. The van der Waals surface area contributed by atoms with Gasteiger partial charge < -0.3 is 4.42 Å². The minimum Gasteiger partial charge on any atom is -0.462 e. The Bertz CT molecular complexity index is 650. The molecule has 0 aliphatic heterocycles. The summed E-state index contributed by atoms with van der Waals surface area (Å²) in [7, 11) is 0. The minimum absolute atomic E-state index is 0.422. The third kappa shape index (κ3) is 2.76. The van der Waals surface area contributed by atoms with Crippen LogP contribution in [0.15, 0.2) is 34.7 Å². The van der Waals surface area contributed by atoms with Crippen molar-refractivity contribution in [3.8, 4) is 6.07 Å². The van der Waals surface area contributed by atoms with Gasteiger partial charge in [-0.2, -0.15) is 5.26 Å². The second kappa shape index (κ2) is 5.30. The Balaban J connectivity index is 2.43. The van der Waals surface area contributed by atoms with E-state index in [9.17, 15) is 5.26 Å². The number of nitriles is 1. The van der Waals surface area contributed by atoms with Gasteiger partial charge in [-0.25, -0.2) is 0 Å². The van der Waals surface area contributed by atoms with Gasteiger partial charge in [-0.3, -0.25) is 0 Å². The average molecular weight is 278 g/mol. The molecule has 0 aliphatic carbocycles. The van der Waals surface area contributed by atoms with Crippen molar-refractivity contribution < 1.29 is 4.42 Å². The van der Waals surface area contributed by atoms with Crippen LogP contribution in [0.25, 0.3) is 11.6 Å². The molecule has 1 aromatic carbocycles. The maximum Gasteiger partial charge on any atom is 0.128 e. The number of nitrogens with zero attached hydrogens (tertiary/aromatic N) is 1. The molecule has 0 amide bonds. The number of hydrogen-bond donors (Lipinski definition) is 0. The summed E-state index contributed by atoms with van der Waals surface area (Å²) in [6.07, 6.45) is 1.67. The first-order valence-electron chi connectivity index (χ1n) is 5.24. The van der Waals surface area contributed by atoms with Gasteiger partial charge in [0.1, 0.15) is 11.5 Å². The molecule has 1 heterocycles. The summed E-state index contributed by atoms with van der Waals surface area (Å²) >= 11 is 11.8. The molecule has 2 rings (SSSR count). The first-order chi connectivity index (χ1) is 8.60. The summed E-state index contributed by atoms with van der Waals surface area (Å²) in [4.78, 5) is 0. The fourth-order valence-corrected chi connectivity index (χ4v) is 1.82. The van der Waals surface area contributed by atoms with E-state index < -0.39 is 0 Å². The zero-order valence-corrected chi connectivity index (χ0v) is 11.1. The summed E-state index contributed by atoms with van der Waals surface area (Å²) in [6.45, 7) is 1.85. The molecule has 0 unspecified atom stereocenters. The molecule has 1 aromatic heterocycles. The Hall–Kier alpha value is -1.69. The normalized spacial score (nSPS) is 11.3.